The van der Waals surface area contributed by atoms with Crippen LogP contribution in [-0.4, -0.2) is 49.6 Å². The fourth-order valence-electron chi connectivity index (χ4n) is 2.21. The normalized spacial score (nSPS) is 18.3. The maximum Gasteiger partial charge on any atom is 0.339 e. The first-order chi connectivity index (χ1) is 9.72. The number of aliphatic hydroxyl groups is 1. The second kappa shape index (κ2) is 5.40. The van der Waals surface area contributed by atoms with Gasteiger partial charge in [-0.05, 0) is 18.1 Å². The van der Waals surface area contributed by atoms with E-state index >= 15 is 0 Å². The SMILES string of the molecule is COC(=O)c1ccccc1S(=O)(=O)N1CC(O)(C(C)C)C1. The summed E-state index contributed by atoms with van der Waals surface area (Å²) in [5, 5.41) is 10.2. The van der Waals surface area contributed by atoms with Crippen LogP contribution in [0.2, 0.25) is 0 Å². The van der Waals surface area contributed by atoms with Crippen LogP contribution in [0.4, 0.5) is 0 Å². The molecule has 0 radical (unpaired) electrons. The Morgan fingerprint density at radius 1 is 1.33 bits per heavy atom. The fraction of sp³-hybridized carbons (Fsp3) is 0.500. The number of nitrogens with zero attached hydrogens (tertiary/aromatic N) is 1. The summed E-state index contributed by atoms with van der Waals surface area (Å²) in [5.41, 5.74) is -1.01. The van der Waals surface area contributed by atoms with Gasteiger partial charge in [0.15, 0.2) is 0 Å². The quantitative estimate of drug-likeness (QED) is 0.834. The Morgan fingerprint density at radius 2 is 1.90 bits per heavy atom. The van der Waals surface area contributed by atoms with Crippen molar-refractivity contribution in [3.05, 3.63) is 29.8 Å². The summed E-state index contributed by atoms with van der Waals surface area (Å²) in [4.78, 5) is 11.6. The van der Waals surface area contributed by atoms with Crippen LogP contribution in [0.1, 0.15) is 24.2 Å². The number of benzene rings is 1. The van der Waals surface area contributed by atoms with Crippen molar-refractivity contribution in [2.75, 3.05) is 20.2 Å². The van der Waals surface area contributed by atoms with Gasteiger partial charge in [0.1, 0.15) is 0 Å². The second-order valence-corrected chi connectivity index (χ2v) is 7.43. The molecule has 1 fully saturated rings. The summed E-state index contributed by atoms with van der Waals surface area (Å²) >= 11 is 0. The Balaban J connectivity index is 2.33. The number of ether oxygens (including phenoxy) is 1. The first-order valence-corrected chi connectivity index (χ1v) is 8.06. The molecule has 1 aromatic rings. The van der Waals surface area contributed by atoms with Crippen LogP contribution in [0, 0.1) is 5.92 Å². The highest BCUT2D eigenvalue weighted by atomic mass is 32.2. The molecular weight excluding hydrogens is 294 g/mol. The molecule has 7 heteroatoms. The molecule has 1 aliphatic heterocycles. The second-order valence-electron chi connectivity index (χ2n) is 5.52. The number of esters is 1. The van der Waals surface area contributed by atoms with Crippen molar-refractivity contribution >= 4 is 16.0 Å². The van der Waals surface area contributed by atoms with Gasteiger partial charge in [-0.1, -0.05) is 26.0 Å². The van der Waals surface area contributed by atoms with Gasteiger partial charge in [0, 0.05) is 13.1 Å². The van der Waals surface area contributed by atoms with Gasteiger partial charge < -0.3 is 9.84 Å². The van der Waals surface area contributed by atoms with Crippen LogP contribution in [0.5, 0.6) is 0 Å². The van der Waals surface area contributed by atoms with E-state index in [0.717, 1.165) is 0 Å². The van der Waals surface area contributed by atoms with Crippen LogP contribution in [-0.2, 0) is 14.8 Å². The molecule has 0 aromatic heterocycles. The van der Waals surface area contributed by atoms with Gasteiger partial charge in [-0.15, -0.1) is 0 Å². The van der Waals surface area contributed by atoms with Crippen molar-refractivity contribution in [3.8, 4) is 0 Å². The minimum Gasteiger partial charge on any atom is -0.465 e. The van der Waals surface area contributed by atoms with Crippen LogP contribution in [0.3, 0.4) is 0 Å². The van der Waals surface area contributed by atoms with E-state index < -0.39 is 21.6 Å². The third-order valence-corrected chi connectivity index (χ3v) is 5.74. The Morgan fingerprint density at radius 3 is 2.43 bits per heavy atom. The zero-order valence-electron chi connectivity index (χ0n) is 12.2. The van der Waals surface area contributed by atoms with Gasteiger partial charge in [-0.2, -0.15) is 4.31 Å². The molecule has 1 aliphatic rings. The Kier molecular flexibility index (Phi) is 4.10. The Hall–Kier alpha value is -1.44. The summed E-state index contributed by atoms with van der Waals surface area (Å²) in [5.74, 6) is -0.742. The fourth-order valence-corrected chi connectivity index (χ4v) is 3.95. The van der Waals surface area contributed by atoms with Crippen LogP contribution in [0.25, 0.3) is 0 Å². The molecule has 0 atom stereocenters. The van der Waals surface area contributed by atoms with Crippen LogP contribution < -0.4 is 0 Å². The minimum absolute atomic E-state index is 0.0000123. The van der Waals surface area contributed by atoms with Gasteiger partial charge in [0.2, 0.25) is 10.0 Å². The Labute approximate surface area is 124 Å². The predicted molar refractivity (Wildman–Crippen MR) is 76.3 cm³/mol. The molecule has 0 saturated carbocycles. The number of sulfonamides is 1. The lowest BCUT2D eigenvalue weighted by molar-refractivity contribution is -0.0932. The predicted octanol–water partition coefficient (Wildman–Crippen LogP) is 0.865. The first-order valence-electron chi connectivity index (χ1n) is 6.62. The third-order valence-electron chi connectivity index (χ3n) is 3.89. The monoisotopic (exact) mass is 313 g/mol. The van der Waals surface area contributed by atoms with Gasteiger partial charge in [-0.25, -0.2) is 13.2 Å². The lowest BCUT2D eigenvalue weighted by atomic mass is 9.85. The van der Waals surface area contributed by atoms with Crippen molar-refractivity contribution in [1.29, 1.82) is 0 Å². The van der Waals surface area contributed by atoms with Crippen molar-refractivity contribution in [2.45, 2.75) is 24.3 Å². The molecule has 0 amide bonds. The van der Waals surface area contributed by atoms with Crippen molar-refractivity contribution in [3.63, 3.8) is 0 Å². The summed E-state index contributed by atoms with van der Waals surface area (Å²) in [6, 6.07) is 5.90. The third kappa shape index (κ3) is 2.68. The summed E-state index contributed by atoms with van der Waals surface area (Å²) in [6.45, 7) is 3.74. The average Bonchev–Trinajstić information content (AvgIpc) is 2.42. The van der Waals surface area contributed by atoms with E-state index in [2.05, 4.69) is 4.74 Å². The molecule has 6 nitrogen and oxygen atoms in total. The van der Waals surface area contributed by atoms with Crippen molar-refractivity contribution in [1.82, 2.24) is 4.31 Å². The van der Waals surface area contributed by atoms with Gasteiger partial charge >= 0.3 is 5.97 Å². The molecule has 1 N–H and O–H groups in total. The lowest BCUT2D eigenvalue weighted by Gasteiger charge is -2.47. The number of hydrogen-bond donors (Lipinski definition) is 1. The van der Waals surface area contributed by atoms with E-state index in [1.54, 1.807) is 12.1 Å². The first kappa shape index (κ1) is 15.9. The number of methoxy groups -OCH3 is 1. The molecule has 1 heterocycles. The largest absolute Gasteiger partial charge is 0.465 e. The van der Waals surface area contributed by atoms with Gasteiger partial charge in [0.05, 0.1) is 23.2 Å². The average molecular weight is 313 g/mol. The number of hydrogen-bond acceptors (Lipinski definition) is 5. The number of β-amino-alcohol motifs (C(OH)–C–C–N with tert-alkyl or cyclic N) is 1. The Bertz CT molecular complexity index is 647. The van der Waals surface area contributed by atoms with Crippen molar-refractivity contribution < 1.29 is 23.1 Å². The lowest BCUT2D eigenvalue weighted by Crippen LogP contribution is -2.65. The maximum absolute atomic E-state index is 12.6. The van der Waals surface area contributed by atoms with Gasteiger partial charge in [-0.3, -0.25) is 0 Å². The summed E-state index contributed by atoms with van der Waals surface area (Å²) < 4.78 is 30.9. The summed E-state index contributed by atoms with van der Waals surface area (Å²) in [6.07, 6.45) is 0. The minimum atomic E-state index is -3.82. The number of carbonyl (C=O) groups is 1. The number of rotatable bonds is 4. The van der Waals surface area contributed by atoms with E-state index in [4.69, 9.17) is 0 Å². The van der Waals surface area contributed by atoms with Crippen LogP contribution >= 0.6 is 0 Å². The van der Waals surface area contributed by atoms with Gasteiger partial charge in [0.25, 0.3) is 0 Å². The van der Waals surface area contributed by atoms with E-state index in [-0.39, 0.29) is 29.5 Å². The molecule has 1 saturated heterocycles. The molecular formula is C14H19NO5S. The van der Waals surface area contributed by atoms with E-state index in [9.17, 15) is 18.3 Å². The zero-order valence-corrected chi connectivity index (χ0v) is 13.1. The summed E-state index contributed by atoms with van der Waals surface area (Å²) in [7, 11) is -2.62. The molecule has 21 heavy (non-hydrogen) atoms. The molecule has 116 valence electrons. The molecule has 1 aromatic carbocycles. The highest BCUT2D eigenvalue weighted by Gasteiger charge is 2.49. The maximum atomic E-state index is 12.6. The standard InChI is InChI=1S/C14H19NO5S/c1-10(2)14(17)8-15(9-14)21(18,19)12-7-5-4-6-11(12)13(16)20-3/h4-7,10,17H,8-9H2,1-3H3. The smallest absolute Gasteiger partial charge is 0.339 e. The number of carbonyl (C=O) groups excluding carboxylic acids is 1. The van der Waals surface area contributed by atoms with Crippen LogP contribution in [0.15, 0.2) is 29.2 Å². The van der Waals surface area contributed by atoms with E-state index in [1.165, 1.54) is 23.5 Å². The van der Waals surface area contributed by atoms with E-state index in [0.29, 0.717) is 0 Å². The van der Waals surface area contributed by atoms with Crippen molar-refractivity contribution in [2.24, 2.45) is 5.92 Å². The molecule has 0 unspecified atom stereocenters. The molecule has 0 bridgehead atoms. The zero-order chi connectivity index (χ0) is 15.8. The van der Waals surface area contributed by atoms with E-state index in [1.807, 2.05) is 13.8 Å². The molecule has 2 rings (SSSR count). The molecule has 0 spiro atoms. The topological polar surface area (TPSA) is 83.9 Å². The highest BCUT2D eigenvalue weighted by Crippen LogP contribution is 2.34. The molecule has 0 aliphatic carbocycles. The highest BCUT2D eigenvalue weighted by molar-refractivity contribution is 7.89.